The Morgan fingerprint density at radius 2 is 1.71 bits per heavy atom. The Morgan fingerprint density at radius 1 is 1.06 bits per heavy atom. The molecule has 2 rings (SSSR count). The summed E-state index contributed by atoms with van der Waals surface area (Å²) in [6.45, 7) is 0. The van der Waals surface area contributed by atoms with Crippen molar-refractivity contribution in [3.8, 4) is 16.9 Å². The van der Waals surface area contributed by atoms with E-state index in [2.05, 4.69) is 15.9 Å². The van der Waals surface area contributed by atoms with Gasteiger partial charge in [-0.1, -0.05) is 17.7 Å². The molecule has 0 unspecified atom stereocenters. The molecule has 0 aliphatic rings. The molecule has 0 aromatic heterocycles. The van der Waals surface area contributed by atoms with Gasteiger partial charge in [-0.05, 0) is 34.1 Å². The predicted molar refractivity (Wildman–Crippen MR) is 66.2 cm³/mol. The van der Waals surface area contributed by atoms with Crippen molar-refractivity contribution in [1.29, 1.82) is 0 Å². The zero-order valence-corrected chi connectivity index (χ0v) is 10.7. The first-order chi connectivity index (χ1) is 8.00. The van der Waals surface area contributed by atoms with Gasteiger partial charge in [-0.3, -0.25) is 0 Å². The van der Waals surface area contributed by atoms with Crippen molar-refractivity contribution >= 4 is 27.5 Å². The lowest BCUT2D eigenvalue weighted by Crippen LogP contribution is -1.90. The summed E-state index contributed by atoms with van der Waals surface area (Å²) in [5.41, 5.74) is 0.102. The number of benzene rings is 2. The van der Waals surface area contributed by atoms with Gasteiger partial charge in [-0.2, -0.15) is 0 Å². The van der Waals surface area contributed by atoms with Crippen LogP contribution < -0.4 is 0 Å². The van der Waals surface area contributed by atoms with Gasteiger partial charge in [-0.15, -0.1) is 0 Å². The zero-order valence-electron chi connectivity index (χ0n) is 8.35. The van der Waals surface area contributed by atoms with E-state index in [1.165, 1.54) is 24.3 Å². The average Bonchev–Trinajstić information content (AvgIpc) is 2.28. The third-order valence-electron chi connectivity index (χ3n) is 2.28. The fourth-order valence-electron chi connectivity index (χ4n) is 1.46. The molecule has 0 heterocycles. The molecule has 0 saturated heterocycles. The van der Waals surface area contributed by atoms with Gasteiger partial charge in [-0.25, -0.2) is 8.78 Å². The summed E-state index contributed by atoms with van der Waals surface area (Å²) in [5, 5.41) is 8.98. The number of hydrogen-bond donors (Lipinski definition) is 1. The van der Waals surface area contributed by atoms with Crippen molar-refractivity contribution < 1.29 is 13.9 Å². The highest BCUT2D eigenvalue weighted by Crippen LogP contribution is 2.34. The van der Waals surface area contributed by atoms with Gasteiger partial charge in [0.2, 0.25) is 0 Å². The molecule has 0 amide bonds. The molecule has 2 aromatic carbocycles. The van der Waals surface area contributed by atoms with Gasteiger partial charge < -0.3 is 5.11 Å². The lowest BCUT2D eigenvalue weighted by molar-refractivity contribution is 0.469. The molecule has 0 saturated carbocycles. The van der Waals surface area contributed by atoms with E-state index in [1.807, 2.05) is 0 Å². The second-order valence-corrected chi connectivity index (χ2v) is 4.62. The van der Waals surface area contributed by atoms with Crippen molar-refractivity contribution in [2.75, 3.05) is 0 Å². The molecule has 88 valence electrons. The molecule has 0 spiro atoms. The van der Waals surface area contributed by atoms with Crippen LogP contribution in [0, 0.1) is 11.6 Å². The van der Waals surface area contributed by atoms with E-state index in [4.69, 9.17) is 16.7 Å². The third-order valence-corrected chi connectivity index (χ3v) is 3.54. The normalized spacial score (nSPS) is 10.6. The Kier molecular flexibility index (Phi) is 3.35. The maximum atomic E-state index is 13.8. The van der Waals surface area contributed by atoms with Crippen molar-refractivity contribution in [3.63, 3.8) is 0 Å². The van der Waals surface area contributed by atoms with Crippen molar-refractivity contribution in [1.82, 2.24) is 0 Å². The molecular formula is C12H6BrClF2O. The molecule has 0 bridgehead atoms. The van der Waals surface area contributed by atoms with E-state index in [0.717, 1.165) is 6.07 Å². The van der Waals surface area contributed by atoms with Crippen LogP contribution in [0.1, 0.15) is 0 Å². The highest BCUT2D eigenvalue weighted by atomic mass is 79.9. The maximum absolute atomic E-state index is 13.8. The molecule has 5 heteroatoms. The zero-order chi connectivity index (χ0) is 12.6. The first-order valence-corrected chi connectivity index (χ1v) is 5.80. The minimum atomic E-state index is -0.706. The number of hydrogen-bond acceptors (Lipinski definition) is 1. The predicted octanol–water partition coefficient (Wildman–Crippen LogP) is 4.75. The molecule has 1 nitrogen and oxygen atoms in total. The van der Waals surface area contributed by atoms with E-state index in [9.17, 15) is 8.78 Å². The fourth-order valence-corrected chi connectivity index (χ4v) is 1.93. The molecule has 2 aromatic rings. The van der Waals surface area contributed by atoms with Gasteiger partial charge in [0.1, 0.15) is 11.6 Å². The molecular weight excluding hydrogens is 313 g/mol. The van der Waals surface area contributed by atoms with Crippen LogP contribution in [0.3, 0.4) is 0 Å². The van der Waals surface area contributed by atoms with Crippen molar-refractivity contribution in [2.45, 2.75) is 0 Å². The summed E-state index contributed by atoms with van der Waals surface area (Å²) >= 11 is 8.80. The molecule has 0 atom stereocenters. The number of rotatable bonds is 1. The van der Waals surface area contributed by atoms with Crippen molar-refractivity contribution in [2.24, 2.45) is 0 Å². The fraction of sp³-hybridized carbons (Fsp3) is 0. The van der Waals surface area contributed by atoms with E-state index in [1.54, 1.807) is 0 Å². The highest BCUT2D eigenvalue weighted by molar-refractivity contribution is 9.10. The van der Waals surface area contributed by atoms with Crippen LogP contribution in [0.5, 0.6) is 5.75 Å². The smallest absolute Gasteiger partial charge is 0.150 e. The second-order valence-electron chi connectivity index (χ2n) is 3.39. The van der Waals surface area contributed by atoms with Gasteiger partial charge in [0.05, 0.1) is 5.02 Å². The minimum absolute atomic E-state index is 0.0506. The SMILES string of the molecule is Oc1ccc(-c2ccc(Br)c(Cl)c2F)c(F)c1. The molecule has 0 aliphatic heterocycles. The lowest BCUT2D eigenvalue weighted by atomic mass is 10.0. The van der Waals surface area contributed by atoms with Gasteiger partial charge in [0, 0.05) is 21.7 Å². The van der Waals surface area contributed by atoms with E-state index in [-0.39, 0.29) is 21.9 Å². The standard InChI is InChI=1S/C12H6BrClF2O/c13-9-4-3-8(12(16)11(9)14)7-2-1-6(17)5-10(7)15/h1-5,17H. The first-order valence-electron chi connectivity index (χ1n) is 4.63. The van der Waals surface area contributed by atoms with Crippen LogP contribution in [-0.4, -0.2) is 5.11 Å². The number of phenols is 1. The molecule has 1 N–H and O–H groups in total. The minimum Gasteiger partial charge on any atom is -0.508 e. The molecule has 0 fully saturated rings. The number of halogens is 4. The Morgan fingerprint density at radius 3 is 2.35 bits per heavy atom. The Balaban J connectivity index is 2.65. The monoisotopic (exact) mass is 318 g/mol. The van der Waals surface area contributed by atoms with Crippen LogP contribution in [0.25, 0.3) is 11.1 Å². The Labute approximate surface area is 110 Å². The average molecular weight is 320 g/mol. The van der Waals surface area contributed by atoms with E-state index in [0.29, 0.717) is 4.47 Å². The molecule has 0 radical (unpaired) electrons. The first kappa shape index (κ1) is 12.3. The summed E-state index contributed by atoms with van der Waals surface area (Å²) in [4.78, 5) is 0. The van der Waals surface area contributed by atoms with Crippen LogP contribution >= 0.6 is 27.5 Å². The van der Waals surface area contributed by atoms with Gasteiger partial charge in [0.15, 0.2) is 5.82 Å². The van der Waals surface area contributed by atoms with Gasteiger partial charge >= 0.3 is 0 Å². The van der Waals surface area contributed by atoms with Crippen LogP contribution in [-0.2, 0) is 0 Å². The largest absolute Gasteiger partial charge is 0.508 e. The summed E-state index contributed by atoms with van der Waals surface area (Å²) < 4.78 is 27.8. The highest BCUT2D eigenvalue weighted by Gasteiger charge is 2.15. The summed E-state index contributed by atoms with van der Waals surface area (Å²) in [6.07, 6.45) is 0. The van der Waals surface area contributed by atoms with Gasteiger partial charge in [0.25, 0.3) is 0 Å². The lowest BCUT2D eigenvalue weighted by Gasteiger charge is -2.07. The maximum Gasteiger partial charge on any atom is 0.150 e. The molecule has 17 heavy (non-hydrogen) atoms. The van der Waals surface area contributed by atoms with Crippen molar-refractivity contribution in [3.05, 3.63) is 51.5 Å². The summed E-state index contributed by atoms with van der Waals surface area (Å²) in [7, 11) is 0. The van der Waals surface area contributed by atoms with Crippen LogP contribution in [0.2, 0.25) is 5.02 Å². The summed E-state index contributed by atoms with van der Waals surface area (Å²) in [5.74, 6) is -1.62. The topological polar surface area (TPSA) is 20.2 Å². The Bertz CT molecular complexity index is 587. The van der Waals surface area contributed by atoms with Crippen LogP contribution in [0.4, 0.5) is 8.78 Å². The third kappa shape index (κ3) is 2.28. The number of phenolic OH excluding ortho intramolecular Hbond substituents is 1. The van der Waals surface area contributed by atoms with Crippen LogP contribution in [0.15, 0.2) is 34.8 Å². The van der Waals surface area contributed by atoms with E-state index < -0.39 is 11.6 Å². The Hall–Kier alpha value is -1.13. The molecule has 0 aliphatic carbocycles. The number of aromatic hydroxyl groups is 1. The quantitative estimate of drug-likeness (QED) is 0.752. The van der Waals surface area contributed by atoms with E-state index >= 15 is 0 Å². The summed E-state index contributed by atoms with van der Waals surface area (Å²) in [6, 6.07) is 6.46. The second kappa shape index (κ2) is 4.63.